The average Bonchev–Trinajstić information content (AvgIpc) is 3.51. The van der Waals surface area contributed by atoms with Crippen molar-refractivity contribution >= 4 is 40.3 Å². The Morgan fingerprint density at radius 2 is 1.61 bits per heavy atom. The summed E-state index contributed by atoms with van der Waals surface area (Å²) in [6.07, 6.45) is 4.39. The number of nitrogens with one attached hydrogen (secondary N) is 1. The Bertz CT molecular complexity index is 2270. The van der Waals surface area contributed by atoms with E-state index in [0.29, 0.717) is 5.75 Å². The number of nitrogens with zero attached hydrogens (tertiary/aromatic N) is 1. The predicted molar refractivity (Wildman–Crippen MR) is 229 cm³/mol. The third-order valence-electron chi connectivity index (χ3n) is 11.5. The molecule has 0 radical (unpaired) electrons. The minimum absolute atomic E-state index is 0.0183. The van der Waals surface area contributed by atoms with Gasteiger partial charge in [0.2, 0.25) is 0 Å². The molecule has 0 spiro atoms. The molecule has 0 saturated carbocycles. The number of ether oxygens (including phenoxy) is 5. The maximum atomic E-state index is 14.4. The minimum Gasteiger partial charge on any atom is -0.507 e. The number of anilines is 1. The molecule has 0 aromatic heterocycles. The van der Waals surface area contributed by atoms with Crippen LogP contribution in [-0.2, 0) is 28.6 Å². The Morgan fingerprint density at radius 1 is 0.919 bits per heavy atom. The second-order valence-electron chi connectivity index (χ2n) is 15.8. The number of ketones is 1. The van der Waals surface area contributed by atoms with Crippen molar-refractivity contribution in [3.05, 3.63) is 83.2 Å². The summed E-state index contributed by atoms with van der Waals surface area (Å²) in [5.41, 5.74) is -0.742. The van der Waals surface area contributed by atoms with E-state index in [-0.39, 0.29) is 57.7 Å². The fourth-order valence-corrected chi connectivity index (χ4v) is 7.73. The van der Waals surface area contributed by atoms with E-state index in [1.807, 2.05) is 18.2 Å². The lowest BCUT2D eigenvalue weighted by Crippen LogP contribution is -2.46. The third kappa shape index (κ3) is 9.67. The lowest BCUT2D eigenvalue weighted by molar-refractivity contribution is -0.160. The number of carbonyl (C=O) groups is 3. The van der Waals surface area contributed by atoms with Crippen LogP contribution in [0.25, 0.3) is 10.8 Å². The van der Waals surface area contributed by atoms with Crippen molar-refractivity contribution < 1.29 is 68.4 Å². The minimum atomic E-state index is -2.08. The zero-order valence-electron chi connectivity index (χ0n) is 36.2. The third-order valence-corrected chi connectivity index (χ3v) is 11.5. The summed E-state index contributed by atoms with van der Waals surface area (Å²) in [5, 5.41) is 64.1. The second kappa shape index (κ2) is 19.7. The summed E-state index contributed by atoms with van der Waals surface area (Å²) in [5.74, 6) is -8.24. The lowest BCUT2D eigenvalue weighted by Gasteiger charge is -2.38. The number of methoxy groups -OCH3 is 1. The molecular formula is C46H56N2O14. The topological polar surface area (TPSA) is 232 Å². The van der Waals surface area contributed by atoms with Crippen LogP contribution in [0.2, 0.25) is 0 Å². The van der Waals surface area contributed by atoms with Gasteiger partial charge in [-0.25, -0.2) is 0 Å². The van der Waals surface area contributed by atoms with Gasteiger partial charge in [-0.2, -0.15) is 0 Å². The first-order chi connectivity index (χ1) is 29.3. The maximum absolute atomic E-state index is 14.4. The van der Waals surface area contributed by atoms with E-state index in [1.165, 1.54) is 53.2 Å². The number of rotatable bonds is 8. The van der Waals surface area contributed by atoms with Crippen molar-refractivity contribution in [2.45, 2.75) is 85.6 Å². The molecule has 3 aliphatic heterocycles. The van der Waals surface area contributed by atoms with Crippen molar-refractivity contribution in [1.29, 1.82) is 0 Å². The first kappa shape index (κ1) is 47.0. The van der Waals surface area contributed by atoms with Gasteiger partial charge < -0.3 is 59.4 Å². The van der Waals surface area contributed by atoms with E-state index < -0.39 is 88.8 Å². The van der Waals surface area contributed by atoms with Crippen LogP contribution in [0.5, 0.6) is 28.7 Å². The molecule has 334 valence electrons. The number of esters is 1. The van der Waals surface area contributed by atoms with E-state index in [2.05, 4.69) is 10.5 Å². The zero-order chi connectivity index (χ0) is 45.6. The van der Waals surface area contributed by atoms with Gasteiger partial charge >= 0.3 is 11.8 Å². The molecule has 3 heterocycles. The molecule has 0 aliphatic carbocycles. The number of phenolic OH excluding ortho intramolecular Hbond substituents is 3. The van der Waals surface area contributed by atoms with Crippen molar-refractivity contribution in [3.63, 3.8) is 0 Å². The fraction of sp³-hybridized carbons (Fsp3) is 0.435. The van der Waals surface area contributed by atoms with Gasteiger partial charge in [-0.15, -0.1) is 0 Å². The van der Waals surface area contributed by atoms with Crippen molar-refractivity contribution in [2.75, 3.05) is 25.6 Å². The Kier molecular flexibility index (Phi) is 14.9. The Balaban J connectivity index is 1.64. The highest BCUT2D eigenvalue weighted by molar-refractivity contribution is 6.23. The van der Waals surface area contributed by atoms with Gasteiger partial charge in [0.25, 0.3) is 11.7 Å². The standard InChI is InChI=1S/C46H56N2O14/c1-23-14-13-15-24(2)45(56)48-36-31(22-47-60-21-20-58-30-16-11-10-12-17-30)40(53)33-34(41(36)54)39(52)28(6)43-35(33)44(55)46(8,62-43)59-19-18-32(57-9)25(3)42(61-29(7)49)27(5)38(51)26(4)37(23)50/h10-19,22-23,25-27,32,37-38,42,50-54H,20-21H2,1-9H3,(H,48,56)/b14-13-,19-18-,24-15-,47-22-/t23-,25+,26+,27+,32-,37-,38+,42+,46-/m0/s1. The van der Waals surface area contributed by atoms with Crippen LogP contribution in [0.4, 0.5) is 5.69 Å². The molecule has 0 fully saturated rings. The highest BCUT2D eigenvalue weighted by Gasteiger charge is 2.50. The smallest absolute Gasteiger partial charge is 0.312 e. The molecule has 9 atom stereocenters. The quantitative estimate of drug-likeness (QED) is 0.0371. The monoisotopic (exact) mass is 860 g/mol. The highest BCUT2D eigenvalue weighted by Crippen LogP contribution is 2.55. The highest BCUT2D eigenvalue weighted by atomic mass is 16.7. The molecule has 3 aliphatic rings. The Labute approximate surface area is 360 Å². The first-order valence-electron chi connectivity index (χ1n) is 20.3. The Hall–Kier alpha value is -6.10. The molecular weight excluding hydrogens is 805 g/mol. The van der Waals surface area contributed by atoms with Crippen LogP contribution >= 0.6 is 0 Å². The molecule has 0 unspecified atom stereocenters. The summed E-state index contributed by atoms with van der Waals surface area (Å²) in [6, 6.07) is 8.99. The molecule has 6 rings (SSSR count). The molecule has 5 bridgehead atoms. The molecule has 6 N–H and O–H groups in total. The van der Waals surface area contributed by atoms with Gasteiger partial charge in [-0.3, -0.25) is 14.4 Å². The van der Waals surface area contributed by atoms with E-state index >= 15 is 0 Å². The zero-order valence-corrected chi connectivity index (χ0v) is 36.2. The summed E-state index contributed by atoms with van der Waals surface area (Å²) in [6.45, 7) is 12.4. The van der Waals surface area contributed by atoms with E-state index in [9.17, 15) is 39.9 Å². The van der Waals surface area contributed by atoms with Gasteiger partial charge in [0, 0.05) is 61.2 Å². The predicted octanol–water partition coefficient (Wildman–Crippen LogP) is 6.18. The number of phenols is 3. The summed E-state index contributed by atoms with van der Waals surface area (Å²) in [7, 11) is 1.42. The number of hydrogen-bond donors (Lipinski definition) is 6. The van der Waals surface area contributed by atoms with Gasteiger partial charge in [0.15, 0.2) is 12.4 Å². The second-order valence-corrected chi connectivity index (χ2v) is 15.8. The summed E-state index contributed by atoms with van der Waals surface area (Å²) in [4.78, 5) is 45.9. The number of hydrogen-bond acceptors (Lipinski definition) is 15. The summed E-state index contributed by atoms with van der Waals surface area (Å²) < 4.78 is 29.2. The number of fused-ring (bicyclic) bond motifs is 14. The summed E-state index contributed by atoms with van der Waals surface area (Å²) >= 11 is 0. The van der Waals surface area contributed by atoms with Gasteiger partial charge in [0.1, 0.15) is 35.7 Å². The van der Waals surface area contributed by atoms with Crippen LogP contribution in [0.15, 0.2) is 71.6 Å². The van der Waals surface area contributed by atoms with Crippen molar-refractivity contribution in [2.24, 2.45) is 28.8 Å². The molecule has 62 heavy (non-hydrogen) atoms. The molecule has 16 heteroatoms. The number of carbonyl (C=O) groups excluding carboxylic acids is 3. The van der Waals surface area contributed by atoms with Gasteiger partial charge in [-0.05, 0) is 32.1 Å². The van der Waals surface area contributed by atoms with Crippen LogP contribution in [0, 0.1) is 30.6 Å². The van der Waals surface area contributed by atoms with Crippen LogP contribution in [-0.4, -0.2) is 99.9 Å². The van der Waals surface area contributed by atoms with E-state index in [1.54, 1.807) is 52.0 Å². The lowest BCUT2D eigenvalue weighted by atomic mass is 9.78. The molecule has 16 nitrogen and oxygen atoms in total. The number of aliphatic hydroxyl groups is 2. The van der Waals surface area contributed by atoms with Gasteiger partial charge in [-0.1, -0.05) is 69.3 Å². The average molecular weight is 861 g/mol. The first-order valence-corrected chi connectivity index (χ1v) is 20.3. The number of para-hydroxylation sites is 1. The van der Waals surface area contributed by atoms with E-state index in [0.717, 1.165) is 6.21 Å². The number of Topliss-reactive ketones (excluding diaryl/α,β-unsaturated/α-hetero) is 1. The van der Waals surface area contributed by atoms with Crippen molar-refractivity contribution in [1.82, 2.24) is 0 Å². The normalized spacial score (nSPS) is 29.0. The van der Waals surface area contributed by atoms with Gasteiger partial charge in [0.05, 0.1) is 53.0 Å². The van der Waals surface area contributed by atoms with E-state index in [4.69, 9.17) is 28.5 Å². The number of allylic oxidation sites excluding steroid dienone is 2. The number of aromatic hydroxyl groups is 3. The Morgan fingerprint density at radius 3 is 2.27 bits per heavy atom. The SMILES string of the molecule is CO[C@H]1/C=C\O[C@@]2(C)Oc3c(C)c(O)c4c(O)c(c(/C=N\OCCOc5ccccc5)c(O)c4c3C2=O)NC(=O)/C(C)=C\C=C/[C@H](C)[C@H](O)[C@@H](C)[C@@H](O)[C@@H](C)[C@H](OC(C)=O)[C@@H]1C. The number of benzene rings is 3. The van der Waals surface area contributed by atoms with Crippen LogP contribution < -0.4 is 14.8 Å². The molecule has 1 amide bonds. The largest absolute Gasteiger partial charge is 0.507 e. The van der Waals surface area contributed by atoms with Crippen LogP contribution in [0.1, 0.15) is 70.0 Å². The fourth-order valence-electron chi connectivity index (χ4n) is 7.73. The molecule has 3 aromatic rings. The van der Waals surface area contributed by atoms with Crippen LogP contribution in [0.3, 0.4) is 0 Å². The molecule has 3 aromatic carbocycles. The number of oxime groups is 1. The van der Waals surface area contributed by atoms with Crippen molar-refractivity contribution in [3.8, 4) is 28.7 Å². The molecule has 0 saturated heterocycles. The number of aliphatic hydroxyl groups excluding tert-OH is 2. The number of amides is 1. The maximum Gasteiger partial charge on any atom is 0.312 e.